The van der Waals surface area contributed by atoms with Crippen molar-refractivity contribution in [3.8, 4) is 0 Å². The molecule has 0 saturated carbocycles. The first kappa shape index (κ1) is 27.8. The van der Waals surface area contributed by atoms with E-state index in [4.69, 9.17) is 9.84 Å². The van der Waals surface area contributed by atoms with Gasteiger partial charge in [-0.25, -0.2) is 0 Å². The summed E-state index contributed by atoms with van der Waals surface area (Å²) in [6.45, 7) is 1.25. The Kier molecular flexibility index (Phi) is 17.2. The summed E-state index contributed by atoms with van der Waals surface area (Å²) < 4.78 is 17.9. The van der Waals surface area contributed by atoms with Crippen molar-refractivity contribution in [2.45, 2.75) is 35.6 Å². The summed E-state index contributed by atoms with van der Waals surface area (Å²) in [5.74, 6) is -0.487. The van der Waals surface area contributed by atoms with E-state index in [-0.39, 0.29) is 132 Å². The van der Waals surface area contributed by atoms with Crippen LogP contribution in [0.3, 0.4) is 0 Å². The quantitative estimate of drug-likeness (QED) is 0.394. The molecule has 1 heterocycles. The van der Waals surface area contributed by atoms with Gasteiger partial charge in [-0.2, -0.15) is 0 Å². The van der Waals surface area contributed by atoms with Gasteiger partial charge in [-0.3, -0.25) is 4.21 Å². The second-order valence-electron chi connectivity index (χ2n) is 4.68. The maximum Gasteiger partial charge on any atom is 0.142 e. The molecule has 5 nitrogen and oxygen atoms in total. The van der Waals surface area contributed by atoms with Gasteiger partial charge in [-0.05, 0) is 12.1 Å². The Morgan fingerprint density at radius 3 is 2.14 bits per heavy atom. The monoisotopic (exact) mass is 967 g/mol. The number of benzene rings is 1. The van der Waals surface area contributed by atoms with Gasteiger partial charge in [0.25, 0.3) is 0 Å². The summed E-state index contributed by atoms with van der Waals surface area (Å²) in [5, 5.41) is 28.8. The number of rotatable bonds is 3. The summed E-state index contributed by atoms with van der Waals surface area (Å²) >= 11 is 0. The Morgan fingerprint density at radius 1 is 1.09 bits per heavy atom. The van der Waals surface area contributed by atoms with Gasteiger partial charge < -0.3 is 20.1 Å². The van der Waals surface area contributed by atoms with Crippen molar-refractivity contribution >= 4 is 10.8 Å². The second-order valence-corrected chi connectivity index (χ2v) is 6.21. The fraction of sp³-hybridized carbons (Fsp3) is 0.538. The average molecular weight is 967 g/mol. The van der Waals surface area contributed by atoms with Crippen molar-refractivity contribution in [3.05, 3.63) is 30.3 Å². The number of aliphatic hydroxyl groups is 3. The van der Waals surface area contributed by atoms with Crippen LogP contribution in [0.4, 0.5) is 0 Å². The molecular weight excluding hydrogens is 949 g/mol. The molecule has 1 aliphatic heterocycles. The fourth-order valence-corrected chi connectivity index (χ4v) is 3.64. The molecule has 1 aromatic carbocycles. The molecule has 1 saturated heterocycles. The van der Waals surface area contributed by atoms with Crippen molar-refractivity contribution in [3.63, 3.8) is 0 Å². The smallest absolute Gasteiger partial charge is 0.142 e. The van der Waals surface area contributed by atoms with Gasteiger partial charge in [-0.1, -0.05) is 25.1 Å². The molecule has 115 valence electrons. The molecule has 2 rings (SSSR count). The Hall–Kier alpha value is 3.53. The molecule has 22 heavy (non-hydrogen) atoms. The van der Waals surface area contributed by atoms with Crippen molar-refractivity contribution in [2.75, 3.05) is 6.61 Å². The van der Waals surface area contributed by atoms with Crippen molar-refractivity contribution in [2.24, 2.45) is 5.92 Å². The van der Waals surface area contributed by atoms with E-state index in [1.165, 1.54) is 0 Å². The SMILES string of the molecule is CC1C(O)C(O)C(CO)OC1S(=O)c1ccccc1.[Ac].[Ac].[Ac]. The van der Waals surface area contributed by atoms with E-state index in [9.17, 15) is 14.4 Å². The molecule has 1 aliphatic rings. The van der Waals surface area contributed by atoms with Crippen LogP contribution in [-0.2, 0) is 15.5 Å². The van der Waals surface area contributed by atoms with Gasteiger partial charge in [0.05, 0.1) is 23.5 Å². The summed E-state index contributed by atoms with van der Waals surface area (Å²) in [6, 6.07) is 8.81. The molecular formula is C13H18Ac3O5S. The van der Waals surface area contributed by atoms with Gasteiger partial charge in [0.15, 0.2) is 0 Å². The number of ether oxygens (including phenoxy) is 1. The van der Waals surface area contributed by atoms with E-state index in [0.717, 1.165) is 0 Å². The average Bonchev–Trinajstić information content (AvgIpc) is 2.45. The number of aliphatic hydroxyl groups excluding tert-OH is 3. The van der Waals surface area contributed by atoms with E-state index < -0.39 is 47.1 Å². The molecule has 1 fully saturated rings. The molecule has 6 unspecified atom stereocenters. The van der Waals surface area contributed by atoms with Gasteiger partial charge in [-0.15, -0.1) is 0 Å². The van der Waals surface area contributed by atoms with Crippen molar-refractivity contribution in [1.29, 1.82) is 0 Å². The van der Waals surface area contributed by atoms with E-state index in [2.05, 4.69) is 0 Å². The molecule has 0 aromatic heterocycles. The van der Waals surface area contributed by atoms with E-state index in [1.807, 2.05) is 6.07 Å². The molecule has 3 N–H and O–H groups in total. The topological polar surface area (TPSA) is 87.0 Å². The third-order valence-electron chi connectivity index (χ3n) is 3.37. The largest absolute Gasteiger partial charge is 0.394 e. The minimum absolute atomic E-state index is 0. The first-order valence-corrected chi connectivity index (χ1v) is 7.35. The molecule has 0 bridgehead atoms. The van der Waals surface area contributed by atoms with Crippen LogP contribution in [-0.4, -0.2) is 49.9 Å². The van der Waals surface area contributed by atoms with Crippen LogP contribution in [0.5, 0.6) is 0 Å². The zero-order valence-corrected chi connectivity index (χ0v) is 27.3. The van der Waals surface area contributed by atoms with E-state index in [1.54, 1.807) is 31.2 Å². The Morgan fingerprint density at radius 2 is 1.64 bits per heavy atom. The summed E-state index contributed by atoms with van der Waals surface area (Å²) in [4.78, 5) is 0.597. The molecule has 0 aliphatic carbocycles. The minimum atomic E-state index is -1.46. The summed E-state index contributed by atoms with van der Waals surface area (Å²) in [7, 11) is -1.46. The molecule has 0 amide bonds. The number of hydrogen-bond donors (Lipinski definition) is 3. The van der Waals surface area contributed by atoms with Crippen molar-refractivity contribution < 1.29 is 156 Å². The Bertz CT molecular complexity index is 449. The van der Waals surface area contributed by atoms with Gasteiger partial charge in [0.2, 0.25) is 0 Å². The van der Waals surface area contributed by atoms with Crippen LogP contribution in [0, 0.1) is 138 Å². The molecule has 3 radical (unpaired) electrons. The summed E-state index contributed by atoms with van der Waals surface area (Å²) in [5.41, 5.74) is -0.752. The van der Waals surface area contributed by atoms with Gasteiger partial charge >= 0.3 is 0 Å². The molecule has 0 spiro atoms. The van der Waals surface area contributed by atoms with Crippen LogP contribution < -0.4 is 0 Å². The van der Waals surface area contributed by atoms with Crippen LogP contribution in [0.15, 0.2) is 35.2 Å². The summed E-state index contributed by atoms with van der Waals surface area (Å²) in [6.07, 6.45) is -3.14. The maximum absolute atomic E-state index is 12.4. The molecule has 1 aromatic rings. The minimum Gasteiger partial charge on any atom is -0.394 e. The third-order valence-corrected chi connectivity index (χ3v) is 5.07. The van der Waals surface area contributed by atoms with E-state index in [0.29, 0.717) is 4.90 Å². The zero-order chi connectivity index (χ0) is 14.0. The second kappa shape index (κ2) is 13.7. The van der Waals surface area contributed by atoms with Gasteiger partial charge in [0.1, 0.15) is 17.6 Å². The predicted octanol–water partition coefficient (Wildman–Crippen LogP) is -0.131. The normalized spacial score (nSPS) is 31.9. The number of hydrogen-bond acceptors (Lipinski definition) is 5. The van der Waals surface area contributed by atoms with Crippen LogP contribution in [0.2, 0.25) is 0 Å². The van der Waals surface area contributed by atoms with Crippen LogP contribution in [0.1, 0.15) is 6.92 Å². The third kappa shape index (κ3) is 6.93. The standard InChI is InChI=1S/C13H18O5S.3Ac/c1-8-11(15)12(16)10(7-14)18-13(8)19(17)9-5-3-2-4-6-9;;;/h2-6,8,10-16H,7H2,1H3;;;. The first-order chi connectivity index (χ1) is 9.06. The predicted molar refractivity (Wildman–Crippen MR) is 69.8 cm³/mol. The zero-order valence-electron chi connectivity index (χ0n) is 12.3. The first-order valence-electron chi connectivity index (χ1n) is 6.14. The Balaban J connectivity index is 0. The molecule has 9 heteroatoms. The Labute approximate surface area is 240 Å². The van der Waals surface area contributed by atoms with Crippen molar-refractivity contribution in [1.82, 2.24) is 0 Å². The van der Waals surface area contributed by atoms with Crippen LogP contribution >= 0.6 is 0 Å². The van der Waals surface area contributed by atoms with E-state index >= 15 is 0 Å². The molecule has 6 atom stereocenters. The van der Waals surface area contributed by atoms with Crippen LogP contribution in [0.25, 0.3) is 0 Å². The maximum atomic E-state index is 12.4. The fourth-order valence-electron chi connectivity index (χ4n) is 2.15. The van der Waals surface area contributed by atoms with Gasteiger partial charge in [0, 0.05) is 143 Å².